The fraction of sp³-hybridized carbons (Fsp3) is 0.500. The Morgan fingerprint density at radius 3 is 2.46 bits per heavy atom. The zero-order valence-corrected chi connectivity index (χ0v) is 14.9. The molecule has 0 bridgehead atoms. The van der Waals surface area contributed by atoms with E-state index in [9.17, 15) is 4.79 Å². The molecule has 6 heteroatoms. The predicted octanol–water partition coefficient (Wildman–Crippen LogP) is 4.19. The molecule has 0 radical (unpaired) electrons. The Bertz CT molecular complexity index is 727. The van der Waals surface area contributed by atoms with Crippen molar-refractivity contribution < 1.29 is 14.1 Å². The Hall–Kier alpha value is -1.88. The Labute approximate surface area is 146 Å². The molecule has 128 valence electrons. The highest BCUT2D eigenvalue weighted by Gasteiger charge is 2.47. The molecule has 0 atom stereocenters. The number of aromatic nitrogens is 2. The number of carbonyl (C=O) groups excluding carboxylic acids is 1. The van der Waals surface area contributed by atoms with Gasteiger partial charge < -0.3 is 9.26 Å². The number of carbonyl (C=O) groups is 1. The second-order valence-corrected chi connectivity index (χ2v) is 7.72. The summed E-state index contributed by atoms with van der Waals surface area (Å²) in [7, 11) is 0. The lowest BCUT2D eigenvalue weighted by atomic mass is 9.64. The summed E-state index contributed by atoms with van der Waals surface area (Å²) < 4.78 is 10.6. The molecule has 1 aliphatic carbocycles. The van der Waals surface area contributed by atoms with E-state index < -0.39 is 5.41 Å². The van der Waals surface area contributed by atoms with Crippen LogP contribution in [0.1, 0.15) is 57.3 Å². The van der Waals surface area contributed by atoms with Gasteiger partial charge in [-0.25, -0.2) is 0 Å². The molecule has 1 aromatic heterocycles. The Morgan fingerprint density at radius 2 is 1.96 bits per heavy atom. The summed E-state index contributed by atoms with van der Waals surface area (Å²) in [6.45, 7) is 5.99. The summed E-state index contributed by atoms with van der Waals surface area (Å²) in [6.07, 6.45) is 2.57. The van der Waals surface area contributed by atoms with E-state index in [4.69, 9.17) is 20.9 Å². The SMILES string of the molecule is CC(C)(C)c1noc(COC(=O)C2(c3ccc(Cl)cc3)CCC2)n1. The topological polar surface area (TPSA) is 65.2 Å². The standard InChI is InChI=1S/C18H21ClN2O3/c1-17(2,3)15-20-14(24-21-15)11-23-16(22)18(9-4-10-18)12-5-7-13(19)8-6-12/h5-8H,4,9-11H2,1-3H3. The van der Waals surface area contributed by atoms with Crippen LogP contribution in [0.25, 0.3) is 0 Å². The lowest BCUT2D eigenvalue weighted by molar-refractivity contribution is -0.156. The van der Waals surface area contributed by atoms with Crippen molar-refractivity contribution in [1.29, 1.82) is 0 Å². The van der Waals surface area contributed by atoms with Crippen molar-refractivity contribution in [1.82, 2.24) is 10.1 Å². The maximum Gasteiger partial charge on any atom is 0.317 e. The highest BCUT2D eigenvalue weighted by molar-refractivity contribution is 6.30. The molecule has 0 amide bonds. The van der Waals surface area contributed by atoms with E-state index in [0.717, 1.165) is 24.8 Å². The number of hydrogen-bond acceptors (Lipinski definition) is 5. The summed E-state index contributed by atoms with van der Waals surface area (Å²) in [4.78, 5) is 17.0. The van der Waals surface area contributed by atoms with Gasteiger partial charge in [-0.15, -0.1) is 0 Å². The largest absolute Gasteiger partial charge is 0.455 e. The van der Waals surface area contributed by atoms with Crippen molar-refractivity contribution in [2.24, 2.45) is 0 Å². The van der Waals surface area contributed by atoms with Gasteiger partial charge in [0.1, 0.15) is 0 Å². The first-order valence-corrected chi connectivity index (χ1v) is 8.45. The van der Waals surface area contributed by atoms with E-state index in [-0.39, 0.29) is 18.0 Å². The first-order chi connectivity index (χ1) is 11.3. The quantitative estimate of drug-likeness (QED) is 0.775. The second kappa shape index (κ2) is 6.20. The molecule has 1 heterocycles. The molecule has 0 aliphatic heterocycles. The van der Waals surface area contributed by atoms with Gasteiger partial charge in [0.25, 0.3) is 5.89 Å². The maximum absolute atomic E-state index is 12.7. The van der Waals surface area contributed by atoms with Crippen molar-refractivity contribution in [3.05, 3.63) is 46.6 Å². The van der Waals surface area contributed by atoms with Gasteiger partial charge in [0, 0.05) is 10.4 Å². The molecule has 0 N–H and O–H groups in total. The van der Waals surface area contributed by atoms with E-state index in [2.05, 4.69) is 10.1 Å². The van der Waals surface area contributed by atoms with Crippen molar-refractivity contribution in [3.63, 3.8) is 0 Å². The highest BCUT2D eigenvalue weighted by atomic mass is 35.5. The molecule has 1 aromatic carbocycles. The van der Waals surface area contributed by atoms with E-state index in [0.29, 0.717) is 16.7 Å². The molecule has 0 spiro atoms. The summed E-state index contributed by atoms with van der Waals surface area (Å²) in [5.41, 5.74) is 0.172. The third-order valence-corrected chi connectivity index (χ3v) is 4.71. The molecular weight excluding hydrogens is 328 g/mol. The van der Waals surface area contributed by atoms with E-state index >= 15 is 0 Å². The van der Waals surface area contributed by atoms with Gasteiger partial charge in [-0.3, -0.25) is 4.79 Å². The van der Waals surface area contributed by atoms with Crippen LogP contribution < -0.4 is 0 Å². The first kappa shape index (κ1) is 17.0. The lowest BCUT2D eigenvalue weighted by Crippen LogP contribution is -2.43. The van der Waals surface area contributed by atoms with Gasteiger partial charge in [-0.1, -0.05) is 56.1 Å². The summed E-state index contributed by atoms with van der Waals surface area (Å²) in [5, 5.41) is 4.59. The molecule has 3 rings (SSSR count). The van der Waals surface area contributed by atoms with Crippen LogP contribution in [0.5, 0.6) is 0 Å². The van der Waals surface area contributed by atoms with Gasteiger partial charge >= 0.3 is 5.97 Å². The van der Waals surface area contributed by atoms with Gasteiger partial charge in [0.15, 0.2) is 12.4 Å². The van der Waals surface area contributed by atoms with Crippen LogP contribution in [-0.4, -0.2) is 16.1 Å². The molecule has 1 saturated carbocycles. The first-order valence-electron chi connectivity index (χ1n) is 8.08. The minimum absolute atomic E-state index is 0.00273. The van der Waals surface area contributed by atoms with Crippen molar-refractivity contribution in [2.75, 3.05) is 0 Å². The molecule has 0 saturated heterocycles. The Balaban J connectivity index is 1.69. The van der Waals surface area contributed by atoms with E-state index in [1.54, 1.807) is 12.1 Å². The Morgan fingerprint density at radius 1 is 1.29 bits per heavy atom. The lowest BCUT2D eigenvalue weighted by Gasteiger charge is -2.39. The van der Waals surface area contributed by atoms with Crippen molar-refractivity contribution in [2.45, 2.75) is 57.5 Å². The number of halogens is 1. The predicted molar refractivity (Wildman–Crippen MR) is 89.8 cm³/mol. The fourth-order valence-corrected chi connectivity index (χ4v) is 2.92. The molecule has 1 aliphatic rings. The number of ether oxygens (including phenoxy) is 1. The minimum Gasteiger partial charge on any atom is -0.455 e. The average Bonchev–Trinajstić information content (AvgIpc) is 2.95. The zero-order valence-electron chi connectivity index (χ0n) is 14.1. The zero-order chi connectivity index (χ0) is 17.4. The van der Waals surface area contributed by atoms with Crippen LogP contribution in [0.4, 0.5) is 0 Å². The van der Waals surface area contributed by atoms with Gasteiger partial charge in [0.2, 0.25) is 0 Å². The molecule has 1 fully saturated rings. The molecule has 24 heavy (non-hydrogen) atoms. The summed E-state index contributed by atoms with van der Waals surface area (Å²) in [5.74, 6) is 0.676. The van der Waals surface area contributed by atoms with E-state index in [1.165, 1.54) is 0 Å². The molecule has 2 aromatic rings. The van der Waals surface area contributed by atoms with Gasteiger partial charge in [0.05, 0.1) is 5.41 Å². The fourth-order valence-electron chi connectivity index (χ4n) is 2.79. The van der Waals surface area contributed by atoms with Crippen LogP contribution >= 0.6 is 11.6 Å². The van der Waals surface area contributed by atoms with Crippen LogP contribution in [0.15, 0.2) is 28.8 Å². The van der Waals surface area contributed by atoms with Gasteiger partial charge in [-0.05, 0) is 30.5 Å². The van der Waals surface area contributed by atoms with Crippen molar-refractivity contribution in [3.8, 4) is 0 Å². The third-order valence-electron chi connectivity index (χ3n) is 4.46. The highest BCUT2D eigenvalue weighted by Crippen LogP contribution is 2.45. The van der Waals surface area contributed by atoms with Crippen LogP contribution in [0.2, 0.25) is 5.02 Å². The summed E-state index contributed by atoms with van der Waals surface area (Å²) >= 11 is 5.94. The smallest absolute Gasteiger partial charge is 0.317 e. The van der Waals surface area contributed by atoms with Crippen molar-refractivity contribution >= 4 is 17.6 Å². The second-order valence-electron chi connectivity index (χ2n) is 7.28. The van der Waals surface area contributed by atoms with Crippen LogP contribution in [-0.2, 0) is 27.0 Å². The molecular formula is C18H21ClN2O3. The van der Waals surface area contributed by atoms with Crippen LogP contribution in [0, 0.1) is 0 Å². The Kier molecular flexibility index (Phi) is 4.38. The average molecular weight is 349 g/mol. The maximum atomic E-state index is 12.7. The monoisotopic (exact) mass is 348 g/mol. The van der Waals surface area contributed by atoms with Gasteiger partial charge in [-0.2, -0.15) is 4.98 Å². The normalized spacial score (nSPS) is 16.5. The van der Waals surface area contributed by atoms with Crippen LogP contribution in [0.3, 0.4) is 0 Å². The molecule has 0 unspecified atom stereocenters. The number of rotatable bonds is 4. The molecule has 5 nitrogen and oxygen atoms in total. The number of nitrogens with zero attached hydrogens (tertiary/aromatic N) is 2. The number of hydrogen-bond donors (Lipinski definition) is 0. The number of esters is 1. The minimum atomic E-state index is -0.572. The van der Waals surface area contributed by atoms with E-state index in [1.807, 2.05) is 32.9 Å². The summed E-state index contributed by atoms with van der Waals surface area (Å²) in [6, 6.07) is 7.40. The number of benzene rings is 1. The third kappa shape index (κ3) is 3.18.